The summed E-state index contributed by atoms with van der Waals surface area (Å²) in [5.41, 5.74) is 5.89. The molecule has 0 bridgehead atoms. The lowest BCUT2D eigenvalue weighted by atomic mass is 10.2. The van der Waals surface area contributed by atoms with Gasteiger partial charge in [0, 0.05) is 18.7 Å². The van der Waals surface area contributed by atoms with Crippen molar-refractivity contribution in [2.24, 2.45) is 5.73 Å². The molecule has 0 aliphatic rings. The lowest BCUT2D eigenvalue weighted by Crippen LogP contribution is -2.31. The first-order valence-electron chi connectivity index (χ1n) is 5.12. The van der Waals surface area contributed by atoms with Crippen LogP contribution in [0.4, 0.5) is 8.78 Å². The van der Waals surface area contributed by atoms with Crippen molar-refractivity contribution in [1.82, 2.24) is 9.78 Å². The average Bonchev–Trinajstić information content (AvgIpc) is 2.65. The van der Waals surface area contributed by atoms with Gasteiger partial charge in [-0.25, -0.2) is 8.78 Å². The second kappa shape index (κ2) is 5.21. The average molecular weight is 217 g/mol. The molecule has 0 spiro atoms. The zero-order valence-electron chi connectivity index (χ0n) is 9.03. The van der Waals surface area contributed by atoms with Gasteiger partial charge in [0.25, 0.3) is 6.43 Å². The van der Waals surface area contributed by atoms with Crippen LogP contribution >= 0.6 is 0 Å². The lowest BCUT2D eigenvalue weighted by Gasteiger charge is -2.09. The van der Waals surface area contributed by atoms with Gasteiger partial charge in [0.15, 0.2) is 0 Å². The number of nitrogens with two attached hydrogens (primary N) is 1. The zero-order valence-corrected chi connectivity index (χ0v) is 9.03. The highest BCUT2D eigenvalue weighted by molar-refractivity contribution is 5.02. The molecule has 1 heterocycles. The normalized spacial score (nSPS) is 15.6. The Hall–Kier alpha value is -0.970. The van der Waals surface area contributed by atoms with Gasteiger partial charge in [0.05, 0.1) is 11.7 Å². The molecule has 0 saturated carbocycles. The first-order valence-corrected chi connectivity index (χ1v) is 5.12. The van der Waals surface area contributed by atoms with Gasteiger partial charge >= 0.3 is 0 Å². The number of nitrogens with zero attached hydrogens (tertiary/aromatic N) is 2. The summed E-state index contributed by atoms with van der Waals surface area (Å²) in [6, 6.07) is 0.917. The van der Waals surface area contributed by atoms with Gasteiger partial charge in [0.1, 0.15) is 0 Å². The summed E-state index contributed by atoms with van der Waals surface area (Å²) >= 11 is 0. The number of hydrogen-bond acceptors (Lipinski definition) is 2. The molecule has 2 unspecified atom stereocenters. The zero-order chi connectivity index (χ0) is 11.4. The molecule has 0 amide bonds. The molecule has 15 heavy (non-hydrogen) atoms. The van der Waals surface area contributed by atoms with Crippen molar-refractivity contribution in [1.29, 1.82) is 0 Å². The quantitative estimate of drug-likeness (QED) is 0.819. The van der Waals surface area contributed by atoms with Crippen LogP contribution in [-0.4, -0.2) is 22.2 Å². The smallest absolute Gasteiger partial charge is 0.253 e. The highest BCUT2D eigenvalue weighted by Gasteiger charge is 2.17. The molecule has 0 radical (unpaired) electrons. The maximum absolute atomic E-state index is 12.2. The molecule has 3 nitrogen and oxygen atoms in total. The molecule has 0 fully saturated rings. The number of hydrogen-bond donors (Lipinski definition) is 1. The fraction of sp³-hybridized carbons (Fsp3) is 0.700. The van der Waals surface area contributed by atoms with Gasteiger partial charge in [-0.3, -0.25) is 4.68 Å². The maximum Gasteiger partial charge on any atom is 0.253 e. The van der Waals surface area contributed by atoms with Crippen LogP contribution < -0.4 is 5.73 Å². The Morgan fingerprint density at radius 3 is 2.73 bits per heavy atom. The van der Waals surface area contributed by atoms with Crippen LogP contribution in [-0.2, 0) is 6.42 Å². The van der Waals surface area contributed by atoms with Gasteiger partial charge in [-0.2, -0.15) is 5.10 Å². The Morgan fingerprint density at radius 2 is 2.20 bits per heavy atom. The van der Waals surface area contributed by atoms with Crippen molar-refractivity contribution >= 4 is 0 Å². The molecular weight excluding hydrogens is 200 g/mol. The highest BCUT2D eigenvalue weighted by Crippen LogP contribution is 2.11. The minimum absolute atomic E-state index is 0.126. The minimum atomic E-state index is -2.49. The molecule has 2 N–H and O–H groups in total. The number of alkyl halides is 2. The third-order valence-corrected chi connectivity index (χ3v) is 2.47. The summed E-state index contributed by atoms with van der Waals surface area (Å²) < 4.78 is 26.2. The Bertz CT molecular complexity index is 299. The third kappa shape index (κ3) is 3.27. The van der Waals surface area contributed by atoms with Crippen molar-refractivity contribution in [2.75, 3.05) is 0 Å². The number of rotatable bonds is 5. The first kappa shape index (κ1) is 12.1. The Morgan fingerprint density at radius 1 is 1.53 bits per heavy atom. The fourth-order valence-electron chi connectivity index (χ4n) is 1.25. The Balaban J connectivity index is 2.60. The molecule has 0 aliphatic carbocycles. The van der Waals surface area contributed by atoms with Crippen molar-refractivity contribution < 1.29 is 8.78 Å². The van der Waals surface area contributed by atoms with Crippen LogP contribution in [0.2, 0.25) is 0 Å². The van der Waals surface area contributed by atoms with Crippen molar-refractivity contribution in [3.8, 4) is 0 Å². The van der Waals surface area contributed by atoms with Gasteiger partial charge < -0.3 is 5.73 Å². The molecule has 5 heteroatoms. The first-order chi connectivity index (χ1) is 7.04. The van der Waals surface area contributed by atoms with E-state index in [4.69, 9.17) is 5.73 Å². The molecule has 1 rings (SSSR count). The second-order valence-corrected chi connectivity index (χ2v) is 3.75. The summed E-state index contributed by atoms with van der Waals surface area (Å²) in [7, 11) is 0. The minimum Gasteiger partial charge on any atom is -0.323 e. The van der Waals surface area contributed by atoms with E-state index < -0.39 is 12.5 Å². The van der Waals surface area contributed by atoms with Crippen LogP contribution in [0.3, 0.4) is 0 Å². The molecular formula is C10H17F2N3. The predicted molar refractivity (Wildman–Crippen MR) is 54.9 cm³/mol. The fourth-order valence-corrected chi connectivity index (χ4v) is 1.25. The molecule has 0 aromatic carbocycles. The standard InChI is InChI=1S/C10H17F2N3/c1-3-7(2)15-5-4-8(14-15)6-9(13)10(11)12/h4-5,7,9-10H,3,6,13H2,1-2H3. The third-order valence-electron chi connectivity index (χ3n) is 2.47. The van der Waals surface area contributed by atoms with E-state index in [0.29, 0.717) is 11.7 Å². The van der Waals surface area contributed by atoms with Crippen LogP contribution in [0.15, 0.2) is 12.3 Å². The highest BCUT2D eigenvalue weighted by atomic mass is 19.3. The Labute approximate surface area is 88.3 Å². The van der Waals surface area contributed by atoms with E-state index in [2.05, 4.69) is 12.0 Å². The monoisotopic (exact) mass is 217 g/mol. The van der Waals surface area contributed by atoms with E-state index in [-0.39, 0.29) is 6.42 Å². The molecule has 86 valence electrons. The summed E-state index contributed by atoms with van der Waals surface area (Å²) in [6.07, 6.45) is 0.406. The molecule has 1 aromatic rings. The van der Waals surface area contributed by atoms with Crippen LogP contribution in [0.1, 0.15) is 32.0 Å². The lowest BCUT2D eigenvalue weighted by molar-refractivity contribution is 0.115. The largest absolute Gasteiger partial charge is 0.323 e. The van der Waals surface area contributed by atoms with Crippen LogP contribution in [0.5, 0.6) is 0 Å². The van der Waals surface area contributed by atoms with Gasteiger partial charge in [-0.1, -0.05) is 6.92 Å². The SMILES string of the molecule is CCC(C)n1ccc(CC(N)C(F)F)n1. The molecule has 2 atom stereocenters. The number of halogens is 2. The van der Waals surface area contributed by atoms with Crippen molar-refractivity contribution in [3.05, 3.63) is 18.0 Å². The van der Waals surface area contributed by atoms with Crippen LogP contribution in [0, 0.1) is 0 Å². The van der Waals surface area contributed by atoms with E-state index in [0.717, 1.165) is 6.42 Å². The maximum atomic E-state index is 12.2. The predicted octanol–water partition coefficient (Wildman–Crippen LogP) is 1.99. The van der Waals surface area contributed by atoms with E-state index in [1.165, 1.54) is 0 Å². The Kier molecular flexibility index (Phi) is 4.20. The summed E-state index contributed by atoms with van der Waals surface area (Å²) in [5, 5.41) is 4.21. The molecule has 0 saturated heterocycles. The summed E-state index contributed by atoms with van der Waals surface area (Å²) in [5.74, 6) is 0. The van der Waals surface area contributed by atoms with Gasteiger partial charge in [-0.05, 0) is 19.4 Å². The van der Waals surface area contributed by atoms with Crippen LogP contribution in [0.25, 0.3) is 0 Å². The molecule has 1 aromatic heterocycles. The van der Waals surface area contributed by atoms with Crippen molar-refractivity contribution in [2.45, 2.75) is 45.2 Å². The van der Waals surface area contributed by atoms with E-state index in [1.54, 1.807) is 10.7 Å². The van der Waals surface area contributed by atoms with Gasteiger partial charge in [0.2, 0.25) is 0 Å². The van der Waals surface area contributed by atoms with Crippen molar-refractivity contribution in [3.63, 3.8) is 0 Å². The summed E-state index contributed by atoms with van der Waals surface area (Å²) in [4.78, 5) is 0. The topological polar surface area (TPSA) is 43.8 Å². The van der Waals surface area contributed by atoms with E-state index in [9.17, 15) is 8.78 Å². The summed E-state index contributed by atoms with van der Waals surface area (Å²) in [6.45, 7) is 4.08. The molecule has 0 aliphatic heterocycles. The van der Waals surface area contributed by atoms with Gasteiger partial charge in [-0.15, -0.1) is 0 Å². The van der Waals surface area contributed by atoms with E-state index in [1.807, 2.05) is 13.1 Å². The van der Waals surface area contributed by atoms with E-state index >= 15 is 0 Å². The second-order valence-electron chi connectivity index (χ2n) is 3.75. The number of aromatic nitrogens is 2.